The number of hydrogen-bond acceptors (Lipinski definition) is 3. The number of hydrogen-bond donors (Lipinski definition) is 0. The van der Waals surface area contributed by atoms with Gasteiger partial charge in [-0.1, -0.05) is 12.7 Å². The van der Waals surface area contributed by atoms with Crippen LogP contribution in [0.1, 0.15) is 16.1 Å². The number of rotatable bonds is 3. The summed E-state index contributed by atoms with van der Waals surface area (Å²) in [6.07, 6.45) is 1.68. The first-order valence-corrected chi connectivity index (χ1v) is 4.46. The van der Waals surface area contributed by atoms with E-state index in [1.54, 1.807) is 13.0 Å². The highest BCUT2D eigenvalue weighted by Gasteiger charge is 2.28. The molecule has 14 heavy (non-hydrogen) atoms. The van der Waals surface area contributed by atoms with Gasteiger partial charge in [0.05, 0.1) is 9.30 Å². The van der Waals surface area contributed by atoms with E-state index in [1.807, 2.05) is 0 Å². The summed E-state index contributed by atoms with van der Waals surface area (Å²) in [6.45, 7) is 3.75. The van der Waals surface area contributed by atoms with Gasteiger partial charge in [-0.05, 0) is 24.5 Å². The van der Waals surface area contributed by atoms with Gasteiger partial charge in [0.15, 0.2) is 6.29 Å². The molecule has 0 radical (unpaired) electrons. The molecule has 0 bridgehead atoms. The molecular weight excluding hydrogens is 180 g/mol. The number of aldehydes is 1. The van der Waals surface area contributed by atoms with Crippen LogP contribution in [0.2, 0.25) is 0 Å². The molecule has 1 unspecified atom stereocenters. The maximum absolute atomic E-state index is 10.9. The highest BCUT2D eigenvalue weighted by atomic mass is 16.7. The van der Waals surface area contributed by atoms with Gasteiger partial charge in [0.1, 0.15) is 6.29 Å². The van der Waals surface area contributed by atoms with Gasteiger partial charge in [0.2, 0.25) is 0 Å². The Balaban J connectivity index is 2.99. The van der Waals surface area contributed by atoms with E-state index in [-0.39, 0.29) is 12.3 Å². The summed E-state index contributed by atoms with van der Waals surface area (Å²) in [7, 11) is 1.42. The average Bonchev–Trinajstić information content (AvgIpc) is 2.24. The fraction of sp³-hybridized carbons (Fsp3) is 0.545. The summed E-state index contributed by atoms with van der Waals surface area (Å²) in [4.78, 5) is 10.9. The van der Waals surface area contributed by atoms with Crippen molar-refractivity contribution in [3.8, 4) is 0 Å². The van der Waals surface area contributed by atoms with Crippen molar-refractivity contribution in [1.82, 2.24) is 0 Å². The molecule has 78 valence electrons. The van der Waals surface area contributed by atoms with Crippen LogP contribution in [0.3, 0.4) is 0 Å². The van der Waals surface area contributed by atoms with Crippen LogP contribution in [-0.2, 0) is 14.3 Å². The Morgan fingerprint density at radius 1 is 1.86 bits per heavy atom. The highest BCUT2D eigenvalue weighted by molar-refractivity contribution is 5.75. The fourth-order valence-electron chi connectivity index (χ4n) is 1.46. The van der Waals surface area contributed by atoms with Crippen LogP contribution in [0.5, 0.6) is 0 Å². The van der Waals surface area contributed by atoms with Crippen molar-refractivity contribution in [3.05, 3.63) is 23.8 Å². The third kappa shape index (κ3) is 2.11. The summed E-state index contributed by atoms with van der Waals surface area (Å²) in [5, 5.41) is 0. The molecule has 0 aromatic rings. The monoisotopic (exact) mass is 198 g/mol. The van der Waals surface area contributed by atoms with E-state index in [4.69, 9.17) is 12.2 Å². The number of carbonyl (C=O) groups is 1. The zero-order valence-electron chi connectivity index (χ0n) is 10.4. The molecule has 0 aromatic carbocycles. The Bertz CT molecular complexity index is 323. The van der Waals surface area contributed by atoms with E-state index in [2.05, 4.69) is 6.58 Å². The zero-order chi connectivity index (χ0) is 12.3. The van der Waals surface area contributed by atoms with Crippen LogP contribution < -0.4 is 0 Å². The normalized spacial score (nSPS) is 34.7. The van der Waals surface area contributed by atoms with Gasteiger partial charge in [-0.25, -0.2) is 0 Å². The predicted molar refractivity (Wildman–Crippen MR) is 53.8 cm³/mol. The zero-order valence-corrected chi connectivity index (χ0v) is 8.45. The van der Waals surface area contributed by atoms with Crippen LogP contribution in [0, 0.1) is 5.92 Å². The molecule has 3 nitrogen and oxygen atoms in total. The second kappa shape index (κ2) is 5.08. The molecule has 0 N–H and O–H groups in total. The quantitative estimate of drug-likeness (QED) is 0.393. The summed E-state index contributed by atoms with van der Waals surface area (Å²) in [5.41, 5.74) is 1.09. The summed E-state index contributed by atoms with van der Waals surface area (Å²) in [6, 6.07) is 0. The Labute approximate surface area is 87.2 Å². The lowest BCUT2D eigenvalue weighted by molar-refractivity contribution is -0.121. The third-order valence-corrected chi connectivity index (χ3v) is 2.31. The molecule has 1 fully saturated rings. The molecule has 1 rings (SSSR count). The molecule has 0 amide bonds. The lowest BCUT2D eigenvalue weighted by atomic mass is 9.87. The Hall–Kier alpha value is -0.930. The van der Waals surface area contributed by atoms with E-state index in [0.717, 1.165) is 6.29 Å². The third-order valence-electron chi connectivity index (χ3n) is 2.31. The molecule has 1 aliphatic rings. The summed E-state index contributed by atoms with van der Waals surface area (Å²) >= 11 is 0. The average molecular weight is 198 g/mol. The second-order valence-electron chi connectivity index (χ2n) is 3.07. The van der Waals surface area contributed by atoms with Gasteiger partial charge in [-0.3, -0.25) is 4.79 Å². The molecule has 0 aliphatic carbocycles. The molecule has 1 heterocycles. The van der Waals surface area contributed by atoms with Gasteiger partial charge < -0.3 is 9.47 Å². The molecule has 0 spiro atoms. The van der Waals surface area contributed by atoms with Crippen molar-refractivity contribution in [3.63, 3.8) is 0 Å². The second-order valence-corrected chi connectivity index (χ2v) is 3.07. The van der Waals surface area contributed by atoms with E-state index in [0.29, 0.717) is 11.1 Å². The maximum atomic E-state index is 10.9. The summed E-state index contributed by atoms with van der Waals surface area (Å²) in [5.74, 6) is -0.351. The van der Waals surface area contributed by atoms with E-state index < -0.39 is 12.8 Å². The molecule has 1 aliphatic heterocycles. The first-order valence-electron chi connectivity index (χ1n) is 5.46. The van der Waals surface area contributed by atoms with Crippen molar-refractivity contribution in [2.75, 3.05) is 13.7 Å². The van der Waals surface area contributed by atoms with Crippen molar-refractivity contribution >= 4 is 6.29 Å². The topological polar surface area (TPSA) is 35.5 Å². The minimum absolute atomic E-state index is 0.0874. The molecule has 1 saturated heterocycles. The van der Waals surface area contributed by atoms with Crippen LogP contribution in [-0.4, -0.2) is 26.2 Å². The highest BCUT2D eigenvalue weighted by Crippen LogP contribution is 2.30. The molecule has 2 atom stereocenters. The van der Waals surface area contributed by atoms with Gasteiger partial charge in [0, 0.05) is 13.0 Å². The molecule has 0 aromatic heterocycles. The van der Waals surface area contributed by atoms with Gasteiger partial charge >= 0.3 is 0 Å². The van der Waals surface area contributed by atoms with Crippen LogP contribution in [0.4, 0.5) is 0 Å². The van der Waals surface area contributed by atoms with Crippen LogP contribution in [0.15, 0.2) is 23.8 Å². The van der Waals surface area contributed by atoms with Gasteiger partial charge in [-0.15, -0.1) is 0 Å². The van der Waals surface area contributed by atoms with Gasteiger partial charge in [0.25, 0.3) is 0 Å². The maximum Gasteiger partial charge on any atom is 0.179 e. The summed E-state index contributed by atoms with van der Waals surface area (Å²) < 4.78 is 25.3. The van der Waals surface area contributed by atoms with Gasteiger partial charge in [-0.2, -0.15) is 0 Å². The SMILES string of the molecule is [2H]C1([2H])C[C@@H](/C(C=O)=C/C)C(=C)C(OC)O1. The molecular formula is C11H16O3. The number of ether oxygens (including phenoxy) is 2. The lowest BCUT2D eigenvalue weighted by Gasteiger charge is -2.31. The minimum atomic E-state index is -1.80. The van der Waals surface area contributed by atoms with Crippen molar-refractivity contribution < 1.29 is 17.0 Å². The smallest absolute Gasteiger partial charge is 0.179 e. The van der Waals surface area contributed by atoms with Crippen LogP contribution in [0.25, 0.3) is 0 Å². The number of allylic oxidation sites excluding steroid dienone is 2. The minimum Gasteiger partial charge on any atom is -0.352 e. The first-order chi connectivity index (χ1) is 7.45. The lowest BCUT2D eigenvalue weighted by Crippen LogP contribution is -2.30. The van der Waals surface area contributed by atoms with Crippen molar-refractivity contribution in [2.45, 2.75) is 19.6 Å². The molecule has 0 saturated carbocycles. The number of methoxy groups -OCH3 is 1. The fourth-order valence-corrected chi connectivity index (χ4v) is 1.46. The standard InChI is InChI=1S/C11H16O3/c1-4-9(7-12)10-5-6-14-11(13-3)8(10)2/h4,7,10-11H,2,5-6H2,1,3H3/b9-4+/t10-,11?/m1/s1/i6D2. The van der Waals surface area contributed by atoms with E-state index in [1.165, 1.54) is 7.11 Å². The first kappa shape index (κ1) is 8.38. The van der Waals surface area contributed by atoms with Crippen molar-refractivity contribution in [2.24, 2.45) is 5.92 Å². The largest absolute Gasteiger partial charge is 0.352 e. The van der Waals surface area contributed by atoms with Crippen molar-refractivity contribution in [1.29, 1.82) is 0 Å². The molecule has 3 heteroatoms. The van der Waals surface area contributed by atoms with Crippen LogP contribution >= 0.6 is 0 Å². The Kier molecular flexibility index (Phi) is 3.04. The Morgan fingerprint density at radius 3 is 3.07 bits per heavy atom. The van der Waals surface area contributed by atoms with E-state index in [9.17, 15) is 4.79 Å². The Morgan fingerprint density at radius 2 is 2.57 bits per heavy atom. The predicted octanol–water partition coefficient (Wildman–Crippen LogP) is 1.70. The van der Waals surface area contributed by atoms with E-state index >= 15 is 0 Å². The number of carbonyl (C=O) groups excluding carboxylic acids is 1.